The van der Waals surface area contributed by atoms with Crippen molar-refractivity contribution in [2.75, 3.05) is 0 Å². The molecule has 4 fully saturated rings. The van der Waals surface area contributed by atoms with Gasteiger partial charge < -0.3 is 30.7 Å². The molecule has 8 nitrogen and oxygen atoms in total. The van der Waals surface area contributed by atoms with Crippen LogP contribution in [-0.4, -0.2) is 29.8 Å². The normalized spacial score (nSPS) is 43.4. The molecule has 44 heavy (non-hydrogen) atoms. The summed E-state index contributed by atoms with van der Waals surface area (Å²) in [6, 6.07) is 0. The van der Waals surface area contributed by atoms with Gasteiger partial charge in [0.05, 0.1) is 6.42 Å². The van der Waals surface area contributed by atoms with Gasteiger partial charge in [0.1, 0.15) is 6.10 Å². The van der Waals surface area contributed by atoms with Crippen LogP contribution in [0, 0.1) is 50.2 Å². The SMILES string of the molecule is CC1(C)[C@@H](OC(=O)CCC(=O)[O-])CC[C@]2(C)[C@H]3C(=O)C=C4[C@@H]5C[C@@](C)(C(=O)[O-])CC[C@]5(C)CC[C@@]4(C)[C@]3(C)CC[C@@H]12.N.[Na+].[Na+]. The predicted octanol–water partition coefficient (Wildman–Crippen LogP) is -1.67. The van der Waals surface area contributed by atoms with Gasteiger partial charge in [-0.05, 0) is 104 Å². The van der Waals surface area contributed by atoms with Crippen molar-refractivity contribution in [1.29, 1.82) is 0 Å². The van der Waals surface area contributed by atoms with Crippen LogP contribution in [0.3, 0.4) is 0 Å². The Hall–Kier alpha value is -0.220. The zero-order valence-electron chi connectivity index (χ0n) is 28.7. The Morgan fingerprint density at radius 3 is 2.07 bits per heavy atom. The van der Waals surface area contributed by atoms with Crippen LogP contribution >= 0.6 is 0 Å². The van der Waals surface area contributed by atoms with Crippen LogP contribution in [0.5, 0.6) is 0 Å². The van der Waals surface area contributed by atoms with Gasteiger partial charge >= 0.3 is 65.1 Å². The maximum atomic E-state index is 14.4. The number of ketones is 1. The standard InChI is InChI=1S/C34H50O7.H3N.2Na/c1-29(2)23-10-13-34(7)27(32(23,5)12-11-24(29)41-26(38)9-8-25(36)37)22(35)18-20-21-19-31(4,28(39)40)15-14-30(21,3)16-17-33(20,34)6;;;/h18,21,23-24,27H,8-17,19H2,1-7H3,(H,36,37)(H,39,40);1H3;;/q;;2*+1/p-2/t21-,23-,24-,27+,30+,31-,32-,33+,34+;;;/m0.../s1. The first-order valence-corrected chi connectivity index (χ1v) is 15.7. The molecule has 0 aromatic carbocycles. The second-order valence-electron chi connectivity index (χ2n) is 16.3. The molecule has 0 unspecified atom stereocenters. The molecule has 0 spiro atoms. The summed E-state index contributed by atoms with van der Waals surface area (Å²) in [6.45, 7) is 15.3. The van der Waals surface area contributed by atoms with Crippen LogP contribution in [0.4, 0.5) is 0 Å². The molecule has 5 rings (SSSR count). The summed E-state index contributed by atoms with van der Waals surface area (Å²) < 4.78 is 5.87. The molecule has 0 bridgehead atoms. The quantitative estimate of drug-likeness (QED) is 0.279. The topological polar surface area (TPSA) is 159 Å². The number of hydrogen-bond acceptors (Lipinski definition) is 8. The third-order valence-corrected chi connectivity index (χ3v) is 13.8. The minimum absolute atomic E-state index is 0. The Morgan fingerprint density at radius 1 is 0.864 bits per heavy atom. The van der Waals surface area contributed by atoms with Crippen molar-refractivity contribution in [3.63, 3.8) is 0 Å². The van der Waals surface area contributed by atoms with E-state index >= 15 is 0 Å². The molecular weight excluding hydrogens is 580 g/mol. The average molecular weight is 632 g/mol. The number of carbonyl (C=O) groups is 4. The van der Waals surface area contributed by atoms with E-state index in [4.69, 9.17) is 4.74 Å². The third-order valence-electron chi connectivity index (χ3n) is 13.8. The van der Waals surface area contributed by atoms with Crippen molar-refractivity contribution in [3.8, 4) is 0 Å². The number of esters is 1. The van der Waals surface area contributed by atoms with Crippen molar-refractivity contribution >= 4 is 23.7 Å². The van der Waals surface area contributed by atoms with Crippen LogP contribution < -0.4 is 75.5 Å². The molecule has 4 saturated carbocycles. The fourth-order valence-electron chi connectivity index (χ4n) is 11.0. The molecule has 3 N–H and O–H groups in total. The number of carbonyl (C=O) groups excluding carboxylic acids is 4. The minimum Gasteiger partial charge on any atom is -0.550 e. The molecule has 5 aliphatic rings. The maximum absolute atomic E-state index is 14.4. The largest absolute Gasteiger partial charge is 1.00 e. The predicted molar refractivity (Wildman–Crippen MR) is 154 cm³/mol. The van der Waals surface area contributed by atoms with E-state index in [1.165, 1.54) is 5.57 Å². The molecule has 0 aromatic rings. The molecule has 0 saturated heterocycles. The maximum Gasteiger partial charge on any atom is 1.00 e. The zero-order chi connectivity index (χ0) is 30.4. The molecule has 0 aromatic heterocycles. The van der Waals surface area contributed by atoms with Gasteiger partial charge in [-0.2, -0.15) is 0 Å². The molecule has 0 radical (unpaired) electrons. The Kier molecular flexibility index (Phi) is 11.8. The number of allylic oxidation sites excluding steroid dienone is 2. The van der Waals surface area contributed by atoms with Gasteiger partial charge in [-0.3, -0.25) is 9.59 Å². The third kappa shape index (κ3) is 5.87. The second kappa shape index (κ2) is 13.0. The summed E-state index contributed by atoms with van der Waals surface area (Å²) in [6.07, 6.45) is 8.26. The fraction of sp³-hybridized carbons (Fsp3) is 0.824. The van der Waals surface area contributed by atoms with Crippen molar-refractivity contribution in [3.05, 3.63) is 11.6 Å². The summed E-state index contributed by atoms with van der Waals surface area (Å²) in [5.41, 5.74) is -0.823. The number of carboxylic acids is 2. The van der Waals surface area contributed by atoms with E-state index in [9.17, 15) is 29.4 Å². The Labute approximate surface area is 307 Å². The van der Waals surface area contributed by atoms with Crippen LogP contribution in [0.2, 0.25) is 0 Å². The molecule has 10 heteroatoms. The van der Waals surface area contributed by atoms with E-state index in [0.717, 1.165) is 38.5 Å². The first kappa shape index (κ1) is 40.0. The fourth-order valence-corrected chi connectivity index (χ4v) is 11.0. The van der Waals surface area contributed by atoms with Gasteiger partial charge in [0.25, 0.3) is 0 Å². The Bertz CT molecular complexity index is 1220. The second-order valence-corrected chi connectivity index (χ2v) is 16.3. The summed E-state index contributed by atoms with van der Waals surface area (Å²) in [5, 5.41) is 23.1. The van der Waals surface area contributed by atoms with Gasteiger partial charge in [0.15, 0.2) is 5.78 Å². The number of fused-ring (bicyclic) bond motifs is 7. The number of carboxylic acid groups (broad SMARTS) is 2. The zero-order valence-corrected chi connectivity index (χ0v) is 32.7. The molecule has 0 heterocycles. The van der Waals surface area contributed by atoms with Crippen LogP contribution in [0.25, 0.3) is 0 Å². The van der Waals surface area contributed by atoms with Gasteiger partial charge in [0.2, 0.25) is 0 Å². The number of hydrogen-bond donors (Lipinski definition) is 1. The van der Waals surface area contributed by atoms with E-state index in [-0.39, 0.29) is 135 Å². The van der Waals surface area contributed by atoms with Crippen molar-refractivity contribution in [2.24, 2.45) is 50.2 Å². The van der Waals surface area contributed by atoms with Crippen molar-refractivity contribution in [2.45, 2.75) is 125 Å². The van der Waals surface area contributed by atoms with E-state index in [2.05, 4.69) is 41.5 Å². The van der Waals surface area contributed by atoms with E-state index in [1.54, 1.807) is 0 Å². The molecule has 5 aliphatic carbocycles. The summed E-state index contributed by atoms with van der Waals surface area (Å²) in [5.74, 6) is -2.53. The first-order valence-electron chi connectivity index (χ1n) is 15.7. The summed E-state index contributed by atoms with van der Waals surface area (Å²) >= 11 is 0. The Balaban J connectivity index is 0.00000225. The monoisotopic (exact) mass is 631 g/mol. The van der Waals surface area contributed by atoms with Crippen molar-refractivity contribution < 1.29 is 93.2 Å². The molecule has 236 valence electrons. The number of aliphatic carboxylic acids is 2. The molecular formula is C34H51NNa2O7. The smallest absolute Gasteiger partial charge is 0.550 e. The molecule has 0 amide bonds. The molecule has 0 aliphatic heterocycles. The van der Waals surface area contributed by atoms with Crippen LogP contribution in [0.1, 0.15) is 119 Å². The summed E-state index contributed by atoms with van der Waals surface area (Å²) in [4.78, 5) is 50.0. The van der Waals surface area contributed by atoms with E-state index in [0.29, 0.717) is 19.3 Å². The minimum atomic E-state index is -1.26. The number of rotatable bonds is 5. The number of ether oxygens (including phenoxy) is 1. The van der Waals surface area contributed by atoms with Crippen LogP contribution in [-0.2, 0) is 23.9 Å². The van der Waals surface area contributed by atoms with Crippen molar-refractivity contribution in [1.82, 2.24) is 6.15 Å². The van der Waals surface area contributed by atoms with E-state index in [1.807, 2.05) is 13.0 Å². The van der Waals surface area contributed by atoms with Crippen LogP contribution in [0.15, 0.2) is 11.6 Å². The van der Waals surface area contributed by atoms with Gasteiger partial charge in [-0.25, -0.2) is 0 Å². The molecule has 9 atom stereocenters. The first-order chi connectivity index (χ1) is 18.8. The van der Waals surface area contributed by atoms with Gasteiger partial charge in [-0.15, -0.1) is 0 Å². The average Bonchev–Trinajstić information content (AvgIpc) is 2.86. The van der Waals surface area contributed by atoms with Gasteiger partial charge in [-0.1, -0.05) is 54.0 Å². The summed E-state index contributed by atoms with van der Waals surface area (Å²) in [7, 11) is 0. The van der Waals surface area contributed by atoms with E-state index < -0.39 is 23.3 Å². The Morgan fingerprint density at radius 2 is 1.48 bits per heavy atom. The van der Waals surface area contributed by atoms with Gasteiger partial charge in [0, 0.05) is 28.7 Å².